The molecule has 0 radical (unpaired) electrons. The van der Waals surface area contributed by atoms with Crippen LogP contribution in [-0.4, -0.2) is 29.1 Å². The minimum absolute atomic E-state index is 0.272. The number of aliphatic carboxylic acids is 1. The number of carboxylic acid groups (broad SMARTS) is 1. The normalized spacial score (nSPS) is 10.9. The van der Waals surface area contributed by atoms with Gasteiger partial charge in [-0.2, -0.15) is 0 Å². The summed E-state index contributed by atoms with van der Waals surface area (Å²) >= 11 is 0. The summed E-state index contributed by atoms with van der Waals surface area (Å²) < 4.78 is 4.90. The largest absolute Gasteiger partial charge is 0.502 e. The monoisotopic (exact) mass is 222 g/mol. The topological polar surface area (TPSA) is 83.8 Å². The number of ether oxygens (including phenoxy) is 1. The molecule has 0 fully saturated rings. The lowest BCUT2D eigenvalue weighted by Crippen LogP contribution is -2.03. The average molecular weight is 222 g/mol. The first kappa shape index (κ1) is 11.8. The molecule has 0 aliphatic rings. The molecule has 0 spiro atoms. The van der Waals surface area contributed by atoms with Crippen LogP contribution in [0.5, 0.6) is 5.75 Å². The number of hydrogen-bond donors (Lipinski definition) is 2. The SMILES string of the molecule is COc1ccc(C(=O)/C=C(\O)C(=O)O)cc1. The van der Waals surface area contributed by atoms with Gasteiger partial charge in [-0.1, -0.05) is 0 Å². The number of benzene rings is 1. The van der Waals surface area contributed by atoms with Gasteiger partial charge in [0.1, 0.15) is 5.75 Å². The highest BCUT2D eigenvalue weighted by atomic mass is 16.5. The number of aliphatic hydroxyl groups excluding tert-OH is 1. The first-order valence-corrected chi connectivity index (χ1v) is 4.37. The number of rotatable bonds is 4. The van der Waals surface area contributed by atoms with E-state index in [1.54, 1.807) is 12.1 Å². The molecule has 84 valence electrons. The lowest BCUT2D eigenvalue weighted by Gasteiger charge is -2.00. The quantitative estimate of drug-likeness (QED) is 0.457. The van der Waals surface area contributed by atoms with Crippen molar-refractivity contribution in [2.24, 2.45) is 0 Å². The van der Waals surface area contributed by atoms with E-state index in [1.165, 1.54) is 19.2 Å². The standard InChI is InChI=1S/C11H10O5/c1-16-8-4-2-7(3-5-8)9(12)6-10(13)11(14)15/h2-6,13H,1H3,(H,14,15)/b10-6-. The molecule has 0 aliphatic carbocycles. The summed E-state index contributed by atoms with van der Waals surface area (Å²) in [6.45, 7) is 0. The molecular formula is C11H10O5. The van der Waals surface area contributed by atoms with Gasteiger partial charge in [0.2, 0.25) is 5.76 Å². The van der Waals surface area contributed by atoms with Crippen molar-refractivity contribution in [3.8, 4) is 5.75 Å². The molecule has 0 aromatic heterocycles. The van der Waals surface area contributed by atoms with Gasteiger partial charge >= 0.3 is 5.97 Å². The van der Waals surface area contributed by atoms with Crippen molar-refractivity contribution in [2.45, 2.75) is 0 Å². The molecule has 2 N–H and O–H groups in total. The van der Waals surface area contributed by atoms with E-state index < -0.39 is 17.5 Å². The van der Waals surface area contributed by atoms with E-state index in [0.29, 0.717) is 11.8 Å². The van der Waals surface area contributed by atoms with Crippen molar-refractivity contribution >= 4 is 11.8 Å². The van der Waals surface area contributed by atoms with E-state index in [-0.39, 0.29) is 5.56 Å². The Labute approximate surface area is 91.6 Å². The summed E-state index contributed by atoms with van der Waals surface area (Å²) in [4.78, 5) is 21.7. The number of allylic oxidation sites excluding steroid dienone is 1. The van der Waals surface area contributed by atoms with Crippen LogP contribution in [0.25, 0.3) is 0 Å². The van der Waals surface area contributed by atoms with E-state index in [2.05, 4.69) is 0 Å². The van der Waals surface area contributed by atoms with Crippen LogP contribution in [-0.2, 0) is 4.79 Å². The highest BCUT2D eigenvalue weighted by molar-refractivity contribution is 6.07. The van der Waals surface area contributed by atoms with Crippen molar-refractivity contribution in [3.05, 3.63) is 41.7 Å². The summed E-state index contributed by atoms with van der Waals surface area (Å²) in [6, 6.07) is 6.09. The Balaban J connectivity index is 2.89. The Morgan fingerprint density at radius 1 is 1.19 bits per heavy atom. The Morgan fingerprint density at radius 2 is 1.75 bits per heavy atom. The van der Waals surface area contributed by atoms with Crippen molar-refractivity contribution in [1.82, 2.24) is 0 Å². The molecule has 5 nitrogen and oxygen atoms in total. The predicted molar refractivity (Wildman–Crippen MR) is 55.7 cm³/mol. The number of carboxylic acids is 1. The Bertz CT molecular complexity index is 430. The summed E-state index contributed by atoms with van der Waals surface area (Å²) in [7, 11) is 1.49. The molecule has 5 heteroatoms. The highest BCUT2D eigenvalue weighted by Gasteiger charge is 2.09. The van der Waals surface area contributed by atoms with Crippen molar-refractivity contribution in [1.29, 1.82) is 0 Å². The van der Waals surface area contributed by atoms with E-state index in [9.17, 15) is 9.59 Å². The number of ketones is 1. The van der Waals surface area contributed by atoms with Gasteiger partial charge < -0.3 is 14.9 Å². The van der Waals surface area contributed by atoms with Crippen molar-refractivity contribution in [3.63, 3.8) is 0 Å². The smallest absolute Gasteiger partial charge is 0.371 e. The zero-order chi connectivity index (χ0) is 12.1. The van der Waals surface area contributed by atoms with Gasteiger partial charge in [-0.05, 0) is 24.3 Å². The zero-order valence-electron chi connectivity index (χ0n) is 8.51. The van der Waals surface area contributed by atoms with Crippen molar-refractivity contribution in [2.75, 3.05) is 7.11 Å². The maximum Gasteiger partial charge on any atom is 0.371 e. The van der Waals surface area contributed by atoms with Gasteiger partial charge in [0.15, 0.2) is 5.78 Å². The number of aliphatic hydroxyl groups is 1. The molecule has 0 aliphatic heterocycles. The summed E-state index contributed by atoms with van der Waals surface area (Å²) in [5, 5.41) is 17.2. The third-order valence-electron chi connectivity index (χ3n) is 1.86. The fraction of sp³-hybridized carbons (Fsp3) is 0.0909. The van der Waals surface area contributed by atoms with E-state index in [4.69, 9.17) is 14.9 Å². The van der Waals surface area contributed by atoms with Crippen LogP contribution in [0.15, 0.2) is 36.1 Å². The maximum atomic E-state index is 11.4. The number of methoxy groups -OCH3 is 1. The second kappa shape index (κ2) is 4.97. The Morgan fingerprint density at radius 3 is 2.19 bits per heavy atom. The second-order valence-corrected chi connectivity index (χ2v) is 2.93. The molecule has 16 heavy (non-hydrogen) atoms. The molecule has 0 saturated carbocycles. The molecular weight excluding hydrogens is 212 g/mol. The Kier molecular flexibility index (Phi) is 3.66. The fourth-order valence-corrected chi connectivity index (χ4v) is 1.02. The van der Waals surface area contributed by atoms with Crippen LogP contribution in [0, 0.1) is 0 Å². The van der Waals surface area contributed by atoms with Gasteiger partial charge in [-0.3, -0.25) is 4.79 Å². The number of carbonyl (C=O) groups excluding carboxylic acids is 1. The minimum atomic E-state index is -1.54. The first-order valence-electron chi connectivity index (χ1n) is 4.37. The molecule has 0 heterocycles. The van der Waals surface area contributed by atoms with Gasteiger partial charge in [-0.25, -0.2) is 4.79 Å². The molecule has 1 rings (SSSR count). The minimum Gasteiger partial charge on any atom is -0.502 e. The van der Waals surface area contributed by atoms with E-state index >= 15 is 0 Å². The summed E-state index contributed by atoms with van der Waals surface area (Å²) in [6.07, 6.45) is 0.657. The van der Waals surface area contributed by atoms with E-state index in [1.807, 2.05) is 0 Å². The molecule has 1 aromatic rings. The molecule has 0 atom stereocenters. The Hall–Kier alpha value is -2.30. The summed E-state index contributed by atoms with van der Waals surface area (Å²) in [5.74, 6) is -2.52. The molecule has 0 amide bonds. The van der Waals surface area contributed by atoms with Crippen LogP contribution >= 0.6 is 0 Å². The third-order valence-corrected chi connectivity index (χ3v) is 1.86. The first-order chi connectivity index (χ1) is 7.54. The lowest BCUT2D eigenvalue weighted by molar-refractivity contribution is -0.135. The van der Waals surface area contributed by atoms with Crippen molar-refractivity contribution < 1.29 is 24.5 Å². The molecule has 0 saturated heterocycles. The zero-order valence-corrected chi connectivity index (χ0v) is 8.51. The van der Waals surface area contributed by atoms with E-state index in [0.717, 1.165) is 0 Å². The maximum absolute atomic E-state index is 11.4. The van der Waals surface area contributed by atoms with Crippen LogP contribution in [0.1, 0.15) is 10.4 Å². The molecule has 0 bridgehead atoms. The van der Waals surface area contributed by atoms with Crippen LogP contribution < -0.4 is 4.74 Å². The third kappa shape index (κ3) is 2.84. The van der Waals surface area contributed by atoms with Gasteiger partial charge in [-0.15, -0.1) is 0 Å². The average Bonchev–Trinajstić information content (AvgIpc) is 2.28. The molecule has 0 unspecified atom stereocenters. The number of hydrogen-bond acceptors (Lipinski definition) is 4. The van der Waals surface area contributed by atoms with Crippen LogP contribution in [0.4, 0.5) is 0 Å². The molecule has 1 aromatic carbocycles. The van der Waals surface area contributed by atoms with Gasteiger partial charge in [0, 0.05) is 11.6 Å². The number of carbonyl (C=O) groups is 2. The van der Waals surface area contributed by atoms with Gasteiger partial charge in [0.25, 0.3) is 0 Å². The van der Waals surface area contributed by atoms with Gasteiger partial charge in [0.05, 0.1) is 7.11 Å². The highest BCUT2D eigenvalue weighted by Crippen LogP contribution is 2.12. The van der Waals surface area contributed by atoms with Crippen LogP contribution in [0.2, 0.25) is 0 Å². The predicted octanol–water partition coefficient (Wildman–Crippen LogP) is 1.40. The fourth-order valence-electron chi connectivity index (χ4n) is 1.02. The summed E-state index contributed by atoms with van der Waals surface area (Å²) in [5.41, 5.74) is 0.272. The van der Waals surface area contributed by atoms with Crippen LogP contribution in [0.3, 0.4) is 0 Å². The second-order valence-electron chi connectivity index (χ2n) is 2.93. The lowest BCUT2D eigenvalue weighted by atomic mass is 10.1.